The average molecular weight is 735 g/mol. The Hall–Kier alpha value is -3.37. The van der Waals surface area contributed by atoms with Gasteiger partial charge in [0.2, 0.25) is 11.8 Å². The number of aryl methyl sites for hydroxylation is 1. The monoisotopic (exact) mass is 733 g/mol. The molecule has 7 nitrogen and oxygen atoms in total. The number of nitrogens with zero attached hydrogens (tertiary/aromatic N) is 3. The molecule has 3 saturated heterocycles. The van der Waals surface area contributed by atoms with E-state index in [1.165, 1.54) is 0 Å². The molecule has 47 heavy (non-hydrogen) atoms. The lowest BCUT2D eigenvalue weighted by atomic mass is 9.70. The van der Waals surface area contributed by atoms with E-state index in [0.717, 1.165) is 5.56 Å². The number of likely N-dealkylation sites (tertiary alicyclic amines) is 1. The summed E-state index contributed by atoms with van der Waals surface area (Å²) in [5.41, 5.74) is 2.77. The van der Waals surface area contributed by atoms with Crippen molar-refractivity contribution in [1.82, 2.24) is 4.90 Å². The van der Waals surface area contributed by atoms with Crippen LogP contribution in [0.25, 0.3) is 0 Å². The number of fused-ring (bicyclic) bond motifs is 1. The van der Waals surface area contributed by atoms with Gasteiger partial charge in [-0.2, -0.15) is 0 Å². The molecule has 3 heterocycles. The number of alkyl halides is 1. The van der Waals surface area contributed by atoms with E-state index >= 15 is 9.59 Å². The van der Waals surface area contributed by atoms with E-state index in [-0.39, 0.29) is 40.9 Å². The van der Waals surface area contributed by atoms with Crippen molar-refractivity contribution in [3.63, 3.8) is 0 Å². The van der Waals surface area contributed by atoms with Crippen LogP contribution in [-0.4, -0.2) is 68.3 Å². The van der Waals surface area contributed by atoms with Crippen molar-refractivity contribution >= 4 is 68.4 Å². The number of anilines is 2. The largest absolute Gasteiger partial charge is 0.394 e. The Bertz CT molecular complexity index is 1670. The lowest BCUT2D eigenvalue weighted by Crippen LogP contribution is -2.57. The summed E-state index contributed by atoms with van der Waals surface area (Å²) in [7, 11) is 0. The first-order valence-electron chi connectivity index (χ1n) is 15.6. The van der Waals surface area contributed by atoms with Crippen molar-refractivity contribution < 1.29 is 19.5 Å². The second-order valence-corrected chi connectivity index (χ2v) is 15.4. The quantitative estimate of drug-likeness (QED) is 0.178. The van der Waals surface area contributed by atoms with Crippen molar-refractivity contribution in [3.05, 3.63) is 120 Å². The highest BCUT2D eigenvalue weighted by molar-refractivity contribution is 9.09. The van der Waals surface area contributed by atoms with Gasteiger partial charge in [-0.3, -0.25) is 14.4 Å². The standard InChI is InChI=1S/C37H37BrClN3O4S/c1-4-19-40(25-16-10-7-11-17-25)34(44)29-30-35(45)42(28(22-43)24-14-8-6-9-15-24)33(37(30)21-26(38)32(29)47-37)36(46)41(20-5-2)31-23(3)13-12-18-27(31)39/h4-18,26,28-30,32-33,43H,1-2,19-22H2,3H3/t26?,28-,29+,30+,32+,33?,37?/m1/s1. The number of amides is 3. The van der Waals surface area contributed by atoms with Crippen LogP contribution in [0.5, 0.6) is 0 Å². The Kier molecular flexibility index (Phi) is 9.72. The molecule has 0 aliphatic carbocycles. The first-order valence-corrected chi connectivity index (χ1v) is 17.8. The van der Waals surface area contributed by atoms with Crippen molar-refractivity contribution in [2.24, 2.45) is 11.8 Å². The summed E-state index contributed by atoms with van der Waals surface area (Å²) in [4.78, 5) is 49.7. The molecule has 7 atom stereocenters. The summed E-state index contributed by atoms with van der Waals surface area (Å²) in [5, 5.41) is 11.1. The Balaban J connectivity index is 1.52. The molecule has 0 saturated carbocycles. The number of aliphatic hydroxyl groups excluding tert-OH is 1. The minimum atomic E-state index is -0.995. The van der Waals surface area contributed by atoms with Crippen LogP contribution in [0.15, 0.2) is 104 Å². The van der Waals surface area contributed by atoms with Crippen LogP contribution >= 0.6 is 39.3 Å². The number of rotatable bonds is 11. The summed E-state index contributed by atoms with van der Waals surface area (Å²) in [6.07, 6.45) is 3.82. The second-order valence-electron chi connectivity index (χ2n) is 12.2. The molecular weight excluding hydrogens is 698 g/mol. The maximum atomic E-state index is 15.2. The lowest BCUT2D eigenvalue weighted by Gasteiger charge is -2.40. The van der Waals surface area contributed by atoms with Gasteiger partial charge in [0.05, 0.1) is 39.9 Å². The average Bonchev–Trinajstić information content (AvgIpc) is 3.67. The molecule has 10 heteroatoms. The van der Waals surface area contributed by atoms with Crippen LogP contribution in [0.4, 0.5) is 11.4 Å². The zero-order valence-electron chi connectivity index (χ0n) is 26.0. The van der Waals surface area contributed by atoms with Gasteiger partial charge in [0.15, 0.2) is 0 Å². The van der Waals surface area contributed by atoms with Gasteiger partial charge in [-0.05, 0) is 42.7 Å². The molecule has 3 amide bonds. The number of aliphatic hydroxyl groups is 1. The highest BCUT2D eigenvalue weighted by atomic mass is 79.9. The Labute approximate surface area is 293 Å². The van der Waals surface area contributed by atoms with Gasteiger partial charge in [-0.15, -0.1) is 24.9 Å². The van der Waals surface area contributed by atoms with E-state index in [0.29, 0.717) is 28.4 Å². The third-order valence-electron chi connectivity index (χ3n) is 9.62. The van der Waals surface area contributed by atoms with E-state index in [2.05, 4.69) is 29.1 Å². The normalized spacial score (nSPS) is 26.5. The van der Waals surface area contributed by atoms with Gasteiger partial charge in [-0.25, -0.2) is 0 Å². The number of carbonyl (C=O) groups is 3. The van der Waals surface area contributed by atoms with Crippen LogP contribution in [-0.2, 0) is 14.4 Å². The maximum absolute atomic E-state index is 15.2. The molecule has 244 valence electrons. The minimum absolute atomic E-state index is 0.124. The molecule has 2 bridgehead atoms. The Morgan fingerprint density at radius 2 is 1.66 bits per heavy atom. The predicted molar refractivity (Wildman–Crippen MR) is 193 cm³/mol. The van der Waals surface area contributed by atoms with Crippen molar-refractivity contribution in [2.45, 2.75) is 40.3 Å². The number of hydrogen-bond acceptors (Lipinski definition) is 5. The fraction of sp³-hybridized carbons (Fsp3) is 0.324. The molecule has 1 spiro atoms. The first kappa shape index (κ1) is 33.5. The number of halogens is 2. The highest BCUT2D eigenvalue weighted by Crippen LogP contribution is 2.69. The third kappa shape index (κ3) is 5.55. The molecule has 3 fully saturated rings. The molecular formula is C37H37BrClN3O4S. The summed E-state index contributed by atoms with van der Waals surface area (Å²) in [5.74, 6) is -2.31. The zero-order chi connectivity index (χ0) is 33.5. The topological polar surface area (TPSA) is 81.2 Å². The van der Waals surface area contributed by atoms with Crippen LogP contribution in [0, 0.1) is 18.8 Å². The minimum Gasteiger partial charge on any atom is -0.394 e. The molecule has 6 rings (SSSR count). The summed E-state index contributed by atoms with van der Waals surface area (Å²) in [6.45, 7) is 9.74. The van der Waals surface area contributed by atoms with Gasteiger partial charge >= 0.3 is 0 Å². The predicted octanol–water partition coefficient (Wildman–Crippen LogP) is 6.58. The van der Waals surface area contributed by atoms with E-state index in [1.54, 1.807) is 44.7 Å². The van der Waals surface area contributed by atoms with Crippen LogP contribution in [0.2, 0.25) is 5.02 Å². The smallest absolute Gasteiger partial charge is 0.251 e. The van der Waals surface area contributed by atoms with Crippen molar-refractivity contribution in [1.29, 1.82) is 0 Å². The molecule has 1 N–H and O–H groups in total. The maximum Gasteiger partial charge on any atom is 0.251 e. The number of hydrogen-bond donors (Lipinski definition) is 1. The van der Waals surface area contributed by atoms with E-state index in [4.69, 9.17) is 11.6 Å². The van der Waals surface area contributed by atoms with Gasteiger partial charge in [0.1, 0.15) is 6.04 Å². The van der Waals surface area contributed by atoms with Gasteiger partial charge < -0.3 is 19.8 Å². The van der Waals surface area contributed by atoms with Gasteiger partial charge in [0.25, 0.3) is 5.91 Å². The van der Waals surface area contributed by atoms with E-state index in [1.807, 2.05) is 79.7 Å². The number of carbonyl (C=O) groups excluding carboxylic acids is 3. The van der Waals surface area contributed by atoms with Crippen molar-refractivity contribution in [3.8, 4) is 0 Å². The molecule has 3 unspecified atom stereocenters. The lowest BCUT2D eigenvalue weighted by molar-refractivity contribution is -0.142. The Morgan fingerprint density at radius 3 is 2.28 bits per heavy atom. The molecule has 0 aromatic heterocycles. The van der Waals surface area contributed by atoms with Gasteiger partial charge in [0, 0.05) is 28.9 Å². The SMILES string of the molecule is C=CCN(C(=O)[C@H]1[C@H]2C(=O)N([C@H](CO)c3ccccc3)C(C(=O)N(CC=C)c3c(C)cccc3Cl)C23CC(Br)[C@@H]1S3)c1ccccc1. The molecule has 0 radical (unpaired) electrons. The first-order chi connectivity index (χ1) is 22.7. The van der Waals surface area contributed by atoms with Crippen LogP contribution in [0.1, 0.15) is 23.6 Å². The fourth-order valence-electron chi connectivity index (χ4n) is 7.77. The van der Waals surface area contributed by atoms with E-state index in [9.17, 15) is 9.90 Å². The second kappa shape index (κ2) is 13.6. The van der Waals surface area contributed by atoms with E-state index < -0.39 is 35.3 Å². The Morgan fingerprint density at radius 1 is 1.02 bits per heavy atom. The summed E-state index contributed by atoms with van der Waals surface area (Å²) in [6, 6.07) is 22.3. The number of para-hydroxylation sites is 2. The highest BCUT2D eigenvalue weighted by Gasteiger charge is 2.76. The molecule has 3 aliphatic rings. The van der Waals surface area contributed by atoms with Crippen LogP contribution < -0.4 is 9.80 Å². The van der Waals surface area contributed by atoms with Gasteiger partial charge in [-0.1, -0.05) is 100 Å². The third-order valence-corrected chi connectivity index (χ3v) is 13.1. The summed E-state index contributed by atoms with van der Waals surface area (Å²) >= 11 is 12.2. The van der Waals surface area contributed by atoms with Crippen molar-refractivity contribution in [2.75, 3.05) is 29.5 Å². The number of thioether (sulfide) groups is 1. The molecule has 3 aromatic rings. The summed E-state index contributed by atoms with van der Waals surface area (Å²) < 4.78 is -0.944. The molecule has 3 aliphatic heterocycles. The number of benzene rings is 3. The zero-order valence-corrected chi connectivity index (χ0v) is 29.2. The fourth-order valence-corrected chi connectivity index (χ4v) is 11.7. The van der Waals surface area contributed by atoms with Crippen LogP contribution in [0.3, 0.4) is 0 Å². The molecule has 3 aromatic carbocycles.